The zero-order valence-electron chi connectivity index (χ0n) is 5.10. The Bertz CT molecular complexity index is 59.1. The largest absolute Gasteiger partial charge is 0.811 e. The molecule has 0 spiro atoms. The minimum Gasteiger partial charge on any atom is -0.811 e. The second kappa shape index (κ2) is 4.92. The number of hydrogen-bond acceptors (Lipinski definition) is 0. The molecule has 0 heterocycles. The monoisotopic (exact) mass is 173 g/mol. The van der Waals surface area contributed by atoms with Crippen LogP contribution in [0.3, 0.4) is 0 Å². The van der Waals surface area contributed by atoms with E-state index < -0.39 is 0 Å². The van der Waals surface area contributed by atoms with Gasteiger partial charge in [0.1, 0.15) is 0 Å². The second-order valence-electron chi connectivity index (χ2n) is 1.80. The van der Waals surface area contributed by atoms with Crippen molar-refractivity contribution < 1.29 is 32.7 Å². The second-order valence-corrected chi connectivity index (χ2v) is 1.80. The molecule has 0 aliphatic carbocycles. The van der Waals surface area contributed by atoms with Gasteiger partial charge in [-0.05, 0) is 5.92 Å². The van der Waals surface area contributed by atoms with Crippen molar-refractivity contribution in [1.29, 1.82) is 0 Å². The third-order valence-electron chi connectivity index (χ3n) is 0.836. The number of hydrogen-bond donors (Lipinski definition) is 0. The van der Waals surface area contributed by atoms with E-state index in [2.05, 4.69) is 0 Å². The molecule has 7 heavy (non-hydrogen) atoms. The average Bonchev–Trinajstić information content (AvgIpc) is 1.36. The fourth-order valence-corrected chi connectivity index (χ4v) is 0. The van der Waals surface area contributed by atoms with Crippen LogP contribution < -0.4 is 0 Å². The van der Waals surface area contributed by atoms with Crippen molar-refractivity contribution in [2.45, 2.75) is 20.8 Å². The summed E-state index contributed by atoms with van der Waals surface area (Å²) < 4.78 is 0. The molecule has 0 N–H and O–H groups in total. The molecule has 0 saturated heterocycles. The molecule has 0 amide bonds. The van der Waals surface area contributed by atoms with E-state index in [4.69, 9.17) is 5.41 Å². The van der Waals surface area contributed by atoms with Crippen molar-refractivity contribution in [3.8, 4) is 0 Å². The van der Waals surface area contributed by atoms with Gasteiger partial charge in [-0.2, -0.15) is 0 Å². The smallest absolute Gasteiger partial charge is 0 e. The first-order chi connectivity index (χ1) is 2.64. The van der Waals surface area contributed by atoms with E-state index in [1.165, 1.54) is 0 Å². The third kappa shape index (κ3) is 6.77. The molecule has 0 aromatic heterocycles. The van der Waals surface area contributed by atoms with E-state index in [1.807, 2.05) is 13.8 Å². The van der Waals surface area contributed by atoms with Crippen LogP contribution in [0.1, 0.15) is 20.8 Å². The molecule has 2 heteroatoms. The fraction of sp³-hybridized carbons (Fsp3) is 0.800. The van der Waals surface area contributed by atoms with Gasteiger partial charge in [0.05, 0.1) is 0 Å². The molecular weight excluding hydrogens is 163 g/mol. The summed E-state index contributed by atoms with van der Waals surface area (Å²) in [6, 6.07) is 0. The first-order valence-corrected chi connectivity index (χ1v) is 2.17. The molecule has 0 bridgehead atoms. The van der Waals surface area contributed by atoms with Crippen LogP contribution in [0.4, 0.5) is 0 Å². The molecule has 0 aliphatic heterocycles. The maximum absolute atomic E-state index is 8.55. The summed E-state index contributed by atoms with van der Waals surface area (Å²) in [4.78, 5) is 0. The summed E-state index contributed by atoms with van der Waals surface area (Å²) in [5.74, 6) is 0.324. The Hall–Kier alpha value is 0.774. The topological polar surface area (TPSA) is 22.3 Å². The van der Waals surface area contributed by atoms with Gasteiger partial charge in [-0.25, -0.2) is 5.71 Å². The molecule has 39 valence electrons. The van der Waals surface area contributed by atoms with Crippen LogP contribution in [0.5, 0.6) is 0 Å². The molecule has 1 radical (unpaired) electrons. The third-order valence-corrected chi connectivity index (χ3v) is 0.836. The summed E-state index contributed by atoms with van der Waals surface area (Å²) in [5.41, 5.74) is 0.509. The normalized spacial score (nSPS) is 8.00. The zero-order chi connectivity index (χ0) is 5.15. The Morgan fingerprint density at radius 2 is 1.57 bits per heavy atom. The quantitative estimate of drug-likeness (QED) is 0.538. The van der Waals surface area contributed by atoms with Crippen molar-refractivity contribution in [1.82, 2.24) is 0 Å². The maximum atomic E-state index is 8.55. The SMILES string of the molecule is CC(=[N-])C(C)C.[Y]. The summed E-state index contributed by atoms with van der Waals surface area (Å²) in [5, 5.41) is 8.55. The molecule has 1 nitrogen and oxygen atoms in total. The van der Waals surface area contributed by atoms with Crippen LogP contribution in [0.2, 0.25) is 0 Å². The van der Waals surface area contributed by atoms with Gasteiger partial charge in [-0.15, -0.1) is 0 Å². The van der Waals surface area contributed by atoms with Gasteiger partial charge in [0, 0.05) is 32.7 Å². The van der Waals surface area contributed by atoms with E-state index in [0.29, 0.717) is 11.6 Å². The van der Waals surface area contributed by atoms with Crippen molar-refractivity contribution >= 4 is 5.71 Å². The minimum absolute atomic E-state index is 0. The molecule has 0 saturated carbocycles. The van der Waals surface area contributed by atoms with Gasteiger partial charge in [0.2, 0.25) is 0 Å². The van der Waals surface area contributed by atoms with Gasteiger partial charge in [0.25, 0.3) is 0 Å². The summed E-state index contributed by atoms with van der Waals surface area (Å²) in [7, 11) is 0. The first kappa shape index (κ1) is 10.7. The molecule has 0 unspecified atom stereocenters. The summed E-state index contributed by atoms with van der Waals surface area (Å²) in [6.45, 7) is 5.62. The molecule has 0 rings (SSSR count). The summed E-state index contributed by atoms with van der Waals surface area (Å²) >= 11 is 0. The van der Waals surface area contributed by atoms with Crippen LogP contribution in [0.25, 0.3) is 5.41 Å². The number of nitrogens with zero attached hydrogens (tertiary/aromatic N) is 1. The van der Waals surface area contributed by atoms with Crippen molar-refractivity contribution in [2.24, 2.45) is 5.92 Å². The van der Waals surface area contributed by atoms with Gasteiger partial charge in [-0.1, -0.05) is 20.8 Å². The van der Waals surface area contributed by atoms with Crippen LogP contribution >= 0.6 is 0 Å². The predicted octanol–water partition coefficient (Wildman–Crippen LogP) is 1.67. The Kier molecular flexibility index (Phi) is 7.52. The Labute approximate surface area is 70.3 Å². The van der Waals surface area contributed by atoms with Crippen LogP contribution in [0, 0.1) is 5.92 Å². The fourth-order valence-electron chi connectivity index (χ4n) is 0. The van der Waals surface area contributed by atoms with Gasteiger partial charge in [-0.3, -0.25) is 0 Å². The molecular formula is C5H10NY-. The molecule has 0 aromatic rings. The van der Waals surface area contributed by atoms with Gasteiger partial charge < -0.3 is 5.41 Å². The number of rotatable bonds is 1. The predicted molar refractivity (Wildman–Crippen MR) is 28.9 cm³/mol. The van der Waals surface area contributed by atoms with E-state index in [-0.39, 0.29) is 32.7 Å². The van der Waals surface area contributed by atoms with E-state index in [0.717, 1.165) is 0 Å². The first-order valence-electron chi connectivity index (χ1n) is 2.17. The van der Waals surface area contributed by atoms with Crippen LogP contribution in [-0.4, -0.2) is 5.71 Å². The average molecular weight is 173 g/mol. The Morgan fingerprint density at radius 3 is 1.57 bits per heavy atom. The standard InChI is InChI=1S/C5H10N.Y/c1-4(2)5(3)6;/h4H,1-3H3;/q-1;. The van der Waals surface area contributed by atoms with Crippen molar-refractivity contribution in [3.63, 3.8) is 0 Å². The minimum atomic E-state index is 0. The van der Waals surface area contributed by atoms with E-state index in [1.54, 1.807) is 6.92 Å². The van der Waals surface area contributed by atoms with Gasteiger partial charge in [0.15, 0.2) is 0 Å². The Balaban J connectivity index is 0. The van der Waals surface area contributed by atoms with Gasteiger partial charge >= 0.3 is 0 Å². The van der Waals surface area contributed by atoms with E-state index in [9.17, 15) is 0 Å². The molecule has 0 aliphatic rings. The molecule has 0 atom stereocenters. The molecule has 0 aromatic carbocycles. The van der Waals surface area contributed by atoms with Crippen molar-refractivity contribution in [2.75, 3.05) is 0 Å². The summed E-state index contributed by atoms with van der Waals surface area (Å²) in [6.07, 6.45) is 0. The maximum Gasteiger partial charge on any atom is 0 e. The van der Waals surface area contributed by atoms with Crippen LogP contribution in [0.15, 0.2) is 0 Å². The van der Waals surface area contributed by atoms with Crippen LogP contribution in [-0.2, 0) is 32.7 Å². The molecule has 0 fully saturated rings. The zero-order valence-corrected chi connectivity index (χ0v) is 7.94. The van der Waals surface area contributed by atoms with E-state index >= 15 is 0 Å². The van der Waals surface area contributed by atoms with Crippen molar-refractivity contribution in [3.05, 3.63) is 5.41 Å². The Morgan fingerprint density at radius 1 is 1.43 bits per heavy atom.